The van der Waals surface area contributed by atoms with Crippen molar-refractivity contribution in [2.75, 3.05) is 33.9 Å². The van der Waals surface area contributed by atoms with Gasteiger partial charge < -0.3 is 24.4 Å². The van der Waals surface area contributed by atoms with Crippen molar-refractivity contribution in [3.63, 3.8) is 0 Å². The number of carbonyl (C=O) groups is 3. The summed E-state index contributed by atoms with van der Waals surface area (Å²) in [7, 11) is 2.89. The lowest BCUT2D eigenvalue weighted by molar-refractivity contribution is -0.122. The van der Waals surface area contributed by atoms with Gasteiger partial charge in [-0.2, -0.15) is 0 Å². The quantitative estimate of drug-likeness (QED) is 0.539. The smallest absolute Gasteiger partial charge is 0.409 e. The van der Waals surface area contributed by atoms with Crippen LogP contribution >= 0.6 is 0 Å². The van der Waals surface area contributed by atoms with Crippen LogP contribution in [0.4, 0.5) is 4.79 Å². The average molecular weight is 392 g/mol. The fraction of sp³-hybridized carbons (Fsp3) is 0.550. The summed E-state index contributed by atoms with van der Waals surface area (Å²) in [6.07, 6.45) is 2.03. The third kappa shape index (κ3) is 6.14. The Kier molecular flexibility index (Phi) is 8.10. The summed E-state index contributed by atoms with van der Waals surface area (Å²) in [6, 6.07) is 5.11. The predicted octanol–water partition coefficient (Wildman–Crippen LogP) is 2.40. The van der Waals surface area contributed by atoms with Gasteiger partial charge in [0, 0.05) is 31.1 Å². The Hall–Kier alpha value is -2.77. The molecule has 8 heteroatoms. The van der Waals surface area contributed by atoms with E-state index in [2.05, 4.69) is 5.32 Å². The lowest BCUT2D eigenvalue weighted by Gasteiger charge is -2.31. The minimum Gasteiger partial charge on any atom is -0.493 e. The van der Waals surface area contributed by atoms with Crippen LogP contribution < -0.4 is 14.8 Å². The van der Waals surface area contributed by atoms with Gasteiger partial charge in [0.2, 0.25) is 5.91 Å². The van der Waals surface area contributed by atoms with E-state index in [1.165, 1.54) is 21.1 Å². The average Bonchev–Trinajstić information content (AvgIpc) is 2.71. The zero-order valence-corrected chi connectivity index (χ0v) is 16.7. The summed E-state index contributed by atoms with van der Waals surface area (Å²) >= 11 is 0. The maximum absolute atomic E-state index is 12.1. The second-order valence-electron chi connectivity index (χ2n) is 6.67. The van der Waals surface area contributed by atoms with Gasteiger partial charge in [-0.3, -0.25) is 9.59 Å². The van der Waals surface area contributed by atoms with Crippen LogP contribution in [0.2, 0.25) is 0 Å². The first-order valence-electron chi connectivity index (χ1n) is 9.38. The number of Topliss-reactive ketones (excluding diaryl/α,β-unsaturated/α-hetero) is 1. The number of ketones is 1. The molecule has 0 aliphatic carbocycles. The SMILES string of the molecule is COC(=O)N1CCC(NC(=O)CCCOc2ccc(C(C)=O)cc2OC)CC1. The van der Waals surface area contributed by atoms with Gasteiger partial charge in [0.05, 0.1) is 20.8 Å². The van der Waals surface area contributed by atoms with Gasteiger partial charge in [-0.1, -0.05) is 0 Å². The number of nitrogens with one attached hydrogen (secondary N) is 1. The van der Waals surface area contributed by atoms with Gasteiger partial charge in [0.1, 0.15) is 0 Å². The van der Waals surface area contributed by atoms with Crippen LogP contribution in [0.25, 0.3) is 0 Å². The molecule has 0 spiro atoms. The number of likely N-dealkylation sites (tertiary alicyclic amines) is 1. The number of piperidine rings is 1. The molecule has 8 nitrogen and oxygen atoms in total. The highest BCUT2D eigenvalue weighted by atomic mass is 16.5. The molecule has 1 heterocycles. The molecule has 28 heavy (non-hydrogen) atoms. The molecular weight excluding hydrogens is 364 g/mol. The van der Waals surface area contributed by atoms with E-state index in [1.807, 2.05) is 0 Å². The van der Waals surface area contributed by atoms with E-state index in [0.717, 1.165) is 12.8 Å². The fourth-order valence-electron chi connectivity index (χ4n) is 3.06. The molecular formula is C20H28N2O6. The summed E-state index contributed by atoms with van der Waals surface area (Å²) in [5, 5.41) is 3.00. The number of hydrogen-bond donors (Lipinski definition) is 1. The number of amides is 2. The number of carbonyl (C=O) groups excluding carboxylic acids is 3. The zero-order valence-electron chi connectivity index (χ0n) is 16.7. The van der Waals surface area contributed by atoms with Crippen molar-refractivity contribution in [1.82, 2.24) is 10.2 Å². The van der Waals surface area contributed by atoms with E-state index in [0.29, 0.717) is 49.6 Å². The molecule has 2 rings (SSSR count). The molecule has 1 aromatic rings. The molecule has 0 atom stereocenters. The third-order valence-corrected chi connectivity index (χ3v) is 4.67. The molecule has 1 fully saturated rings. The van der Waals surface area contributed by atoms with Crippen molar-refractivity contribution < 1.29 is 28.6 Å². The summed E-state index contributed by atoms with van der Waals surface area (Å²) in [4.78, 5) is 36.6. The van der Waals surface area contributed by atoms with Crippen molar-refractivity contribution in [3.8, 4) is 11.5 Å². The van der Waals surface area contributed by atoms with Crippen LogP contribution in [0.15, 0.2) is 18.2 Å². The largest absolute Gasteiger partial charge is 0.493 e. The van der Waals surface area contributed by atoms with Crippen molar-refractivity contribution in [1.29, 1.82) is 0 Å². The molecule has 1 N–H and O–H groups in total. The molecule has 0 radical (unpaired) electrons. The maximum atomic E-state index is 12.1. The molecule has 0 unspecified atom stereocenters. The zero-order chi connectivity index (χ0) is 20.5. The van der Waals surface area contributed by atoms with Crippen LogP contribution in [-0.2, 0) is 9.53 Å². The summed E-state index contributed by atoms with van der Waals surface area (Å²) in [5.74, 6) is 0.968. The third-order valence-electron chi connectivity index (χ3n) is 4.67. The molecule has 2 amide bonds. The van der Waals surface area contributed by atoms with Crippen molar-refractivity contribution in [2.45, 2.75) is 38.6 Å². The minimum atomic E-state index is -0.325. The van der Waals surface area contributed by atoms with Gasteiger partial charge in [-0.05, 0) is 44.4 Å². The second-order valence-corrected chi connectivity index (χ2v) is 6.67. The standard InChI is InChI=1S/C20H28N2O6/c1-14(23)15-6-7-17(18(13-15)26-2)28-12-4-5-19(24)21-16-8-10-22(11-9-16)20(25)27-3/h6-7,13,16H,4-5,8-12H2,1-3H3,(H,21,24). The van der Waals surface area contributed by atoms with Crippen molar-refractivity contribution >= 4 is 17.8 Å². The number of benzene rings is 1. The summed E-state index contributed by atoms with van der Waals surface area (Å²) < 4.78 is 15.6. The lowest BCUT2D eigenvalue weighted by Crippen LogP contribution is -2.46. The van der Waals surface area contributed by atoms with Gasteiger partial charge in [0.15, 0.2) is 17.3 Å². The van der Waals surface area contributed by atoms with Crippen molar-refractivity contribution in [2.24, 2.45) is 0 Å². The molecule has 0 saturated carbocycles. The topological polar surface area (TPSA) is 94.2 Å². The first-order valence-corrected chi connectivity index (χ1v) is 9.38. The first-order chi connectivity index (χ1) is 13.4. The maximum Gasteiger partial charge on any atom is 0.409 e. The number of methoxy groups -OCH3 is 2. The van der Waals surface area contributed by atoms with E-state index in [1.54, 1.807) is 23.1 Å². The van der Waals surface area contributed by atoms with Crippen LogP contribution in [-0.4, -0.2) is 62.6 Å². The minimum absolute atomic E-state index is 0.0287. The monoisotopic (exact) mass is 392 g/mol. The van der Waals surface area contributed by atoms with Crippen LogP contribution in [0.3, 0.4) is 0 Å². The van der Waals surface area contributed by atoms with Gasteiger partial charge in [0.25, 0.3) is 0 Å². The lowest BCUT2D eigenvalue weighted by atomic mass is 10.1. The predicted molar refractivity (Wildman–Crippen MR) is 103 cm³/mol. The highest BCUT2D eigenvalue weighted by Gasteiger charge is 2.24. The Morgan fingerprint density at radius 3 is 2.46 bits per heavy atom. The Labute approximate surface area is 165 Å². The van der Waals surface area contributed by atoms with Crippen LogP contribution in [0, 0.1) is 0 Å². The van der Waals surface area contributed by atoms with Crippen molar-refractivity contribution in [3.05, 3.63) is 23.8 Å². The number of nitrogens with zero attached hydrogens (tertiary/aromatic N) is 1. The van der Waals surface area contributed by atoms with Gasteiger partial charge >= 0.3 is 6.09 Å². The number of hydrogen-bond acceptors (Lipinski definition) is 6. The molecule has 0 bridgehead atoms. The Morgan fingerprint density at radius 2 is 1.86 bits per heavy atom. The van der Waals surface area contributed by atoms with Crippen LogP contribution in [0.1, 0.15) is 43.0 Å². The van der Waals surface area contributed by atoms with E-state index in [-0.39, 0.29) is 23.8 Å². The van der Waals surface area contributed by atoms with E-state index in [4.69, 9.17) is 14.2 Å². The first kappa shape index (κ1) is 21.5. The number of ether oxygens (including phenoxy) is 3. The highest BCUT2D eigenvalue weighted by molar-refractivity contribution is 5.94. The molecule has 1 aromatic carbocycles. The van der Waals surface area contributed by atoms with E-state index >= 15 is 0 Å². The van der Waals surface area contributed by atoms with E-state index in [9.17, 15) is 14.4 Å². The Bertz CT molecular complexity index is 698. The molecule has 1 aliphatic rings. The Morgan fingerprint density at radius 1 is 1.14 bits per heavy atom. The Balaban J connectivity index is 1.69. The molecule has 1 saturated heterocycles. The van der Waals surface area contributed by atoms with Crippen LogP contribution in [0.5, 0.6) is 11.5 Å². The summed E-state index contributed by atoms with van der Waals surface area (Å²) in [6.45, 7) is 3.02. The molecule has 0 aromatic heterocycles. The van der Waals surface area contributed by atoms with Gasteiger partial charge in [-0.25, -0.2) is 4.79 Å². The fourth-order valence-corrected chi connectivity index (χ4v) is 3.06. The number of rotatable bonds is 8. The van der Waals surface area contributed by atoms with Gasteiger partial charge in [-0.15, -0.1) is 0 Å². The molecule has 154 valence electrons. The highest BCUT2D eigenvalue weighted by Crippen LogP contribution is 2.28. The summed E-state index contributed by atoms with van der Waals surface area (Å²) in [5.41, 5.74) is 0.557. The molecule has 1 aliphatic heterocycles. The normalized spacial score (nSPS) is 14.3. The second kappa shape index (κ2) is 10.5. The van der Waals surface area contributed by atoms with E-state index < -0.39 is 0 Å².